The van der Waals surface area contributed by atoms with E-state index >= 15 is 0 Å². The van der Waals surface area contributed by atoms with Crippen molar-refractivity contribution in [1.29, 1.82) is 0 Å². The van der Waals surface area contributed by atoms with Gasteiger partial charge in [0.05, 0.1) is 0 Å². The molecule has 0 aliphatic carbocycles. The van der Waals surface area contributed by atoms with Gasteiger partial charge in [-0.3, -0.25) is 0 Å². The quantitative estimate of drug-likeness (QED) is 0.824. The van der Waals surface area contributed by atoms with Crippen LogP contribution in [-0.2, 0) is 0 Å². The predicted molar refractivity (Wildman–Crippen MR) is 71.8 cm³/mol. The van der Waals surface area contributed by atoms with E-state index < -0.39 is 0 Å². The van der Waals surface area contributed by atoms with Crippen LogP contribution in [0.1, 0.15) is 45.7 Å². The molecule has 0 aliphatic heterocycles. The number of anilines is 1. The number of benzene rings is 1. The third kappa shape index (κ3) is 3.24. The molecule has 1 aromatic rings. The molecule has 90 valence electrons. The summed E-state index contributed by atoms with van der Waals surface area (Å²) in [6.45, 7) is 9.80. The van der Waals surface area contributed by atoms with E-state index in [1.807, 2.05) is 6.92 Å². The Balaban J connectivity index is 2.85. The van der Waals surface area contributed by atoms with Crippen LogP contribution in [0, 0.1) is 0 Å². The minimum absolute atomic E-state index is 0.118. The molecule has 0 spiro atoms. The summed E-state index contributed by atoms with van der Waals surface area (Å²) in [5, 5.41) is 0. The van der Waals surface area contributed by atoms with Gasteiger partial charge in [0.2, 0.25) is 0 Å². The van der Waals surface area contributed by atoms with Gasteiger partial charge in [-0.05, 0) is 44.9 Å². The summed E-state index contributed by atoms with van der Waals surface area (Å²) >= 11 is 0. The molecule has 1 aromatic carbocycles. The van der Waals surface area contributed by atoms with Crippen LogP contribution >= 0.6 is 0 Å². The van der Waals surface area contributed by atoms with Crippen LogP contribution in [0.5, 0.6) is 0 Å². The minimum Gasteiger partial charge on any atom is -0.369 e. The van der Waals surface area contributed by atoms with Gasteiger partial charge in [0.15, 0.2) is 0 Å². The van der Waals surface area contributed by atoms with Crippen molar-refractivity contribution >= 4 is 5.69 Å². The third-order valence-corrected chi connectivity index (χ3v) is 2.84. The van der Waals surface area contributed by atoms with Crippen molar-refractivity contribution in [3.05, 3.63) is 29.8 Å². The molecule has 0 heterocycles. The molecule has 0 fully saturated rings. The van der Waals surface area contributed by atoms with E-state index in [0.717, 1.165) is 6.54 Å². The zero-order chi connectivity index (χ0) is 12.1. The summed E-state index contributed by atoms with van der Waals surface area (Å²) in [6, 6.07) is 9.27. The maximum Gasteiger partial charge on any atom is 0.0368 e. The van der Waals surface area contributed by atoms with Crippen LogP contribution in [0.15, 0.2) is 24.3 Å². The van der Waals surface area contributed by atoms with E-state index in [2.05, 4.69) is 49.9 Å². The fraction of sp³-hybridized carbons (Fsp3) is 0.571. The highest BCUT2D eigenvalue weighted by atomic mass is 15.1. The molecule has 0 aromatic heterocycles. The Morgan fingerprint density at radius 3 is 2.06 bits per heavy atom. The maximum atomic E-state index is 5.84. The Bertz CT molecular complexity index is 301. The molecule has 0 radical (unpaired) electrons. The van der Waals surface area contributed by atoms with Crippen LogP contribution in [-0.4, -0.2) is 12.6 Å². The summed E-state index contributed by atoms with van der Waals surface area (Å²) in [5.74, 6) is 0. The molecule has 1 atom stereocenters. The number of hydrogen-bond acceptors (Lipinski definition) is 2. The van der Waals surface area contributed by atoms with Crippen LogP contribution in [0.3, 0.4) is 0 Å². The summed E-state index contributed by atoms with van der Waals surface area (Å²) in [7, 11) is 0. The molecule has 2 N–H and O–H groups in total. The van der Waals surface area contributed by atoms with Gasteiger partial charge in [-0.25, -0.2) is 0 Å². The van der Waals surface area contributed by atoms with Crippen molar-refractivity contribution in [2.45, 2.75) is 46.2 Å². The predicted octanol–water partition coefficient (Wildman–Crippen LogP) is 3.33. The number of hydrogen-bond donors (Lipinski definition) is 1. The lowest BCUT2D eigenvalue weighted by Gasteiger charge is -2.29. The lowest BCUT2D eigenvalue weighted by atomic mass is 10.1. The molecule has 0 unspecified atom stereocenters. The molecule has 2 nitrogen and oxygen atoms in total. The van der Waals surface area contributed by atoms with Gasteiger partial charge in [-0.15, -0.1) is 0 Å². The van der Waals surface area contributed by atoms with E-state index in [-0.39, 0.29) is 6.04 Å². The Morgan fingerprint density at radius 1 is 1.12 bits per heavy atom. The molecule has 1 rings (SSSR count). The zero-order valence-electron chi connectivity index (χ0n) is 10.9. The Hall–Kier alpha value is -1.02. The second kappa shape index (κ2) is 5.90. The Labute approximate surface area is 99.5 Å². The third-order valence-electron chi connectivity index (χ3n) is 2.84. The summed E-state index contributed by atoms with van der Waals surface area (Å²) in [6.07, 6.45) is 1.17. The summed E-state index contributed by atoms with van der Waals surface area (Å²) in [4.78, 5) is 2.42. The molecular weight excluding hydrogens is 196 g/mol. The topological polar surface area (TPSA) is 29.3 Å². The van der Waals surface area contributed by atoms with Gasteiger partial charge < -0.3 is 10.6 Å². The lowest BCUT2D eigenvalue weighted by Crippen LogP contribution is -2.31. The van der Waals surface area contributed by atoms with Crippen molar-refractivity contribution < 1.29 is 0 Å². The second-order valence-electron chi connectivity index (χ2n) is 4.67. The van der Waals surface area contributed by atoms with E-state index in [9.17, 15) is 0 Å². The fourth-order valence-corrected chi connectivity index (χ4v) is 1.90. The Morgan fingerprint density at radius 2 is 1.69 bits per heavy atom. The summed E-state index contributed by atoms with van der Waals surface area (Å²) < 4.78 is 0. The van der Waals surface area contributed by atoms with Gasteiger partial charge in [-0.1, -0.05) is 19.1 Å². The molecule has 0 saturated heterocycles. The normalized spacial score (nSPS) is 12.9. The standard InChI is InChI=1S/C14H24N2/c1-5-10-16(11(2)3)14-8-6-13(7-9-14)12(4)15/h6-9,11-12H,5,10,15H2,1-4H3/t12-/m0/s1. The number of rotatable bonds is 5. The maximum absolute atomic E-state index is 5.84. The van der Waals surface area contributed by atoms with Gasteiger partial charge in [-0.2, -0.15) is 0 Å². The molecule has 0 amide bonds. The molecular formula is C14H24N2. The highest BCUT2D eigenvalue weighted by molar-refractivity contribution is 5.48. The van der Waals surface area contributed by atoms with Gasteiger partial charge >= 0.3 is 0 Å². The van der Waals surface area contributed by atoms with Crippen LogP contribution < -0.4 is 10.6 Å². The van der Waals surface area contributed by atoms with E-state index in [1.54, 1.807) is 0 Å². The van der Waals surface area contributed by atoms with Crippen molar-refractivity contribution in [2.24, 2.45) is 5.73 Å². The molecule has 2 heteroatoms. The van der Waals surface area contributed by atoms with Crippen LogP contribution in [0.25, 0.3) is 0 Å². The molecule has 0 saturated carbocycles. The monoisotopic (exact) mass is 220 g/mol. The first-order valence-corrected chi connectivity index (χ1v) is 6.18. The molecule has 0 aliphatic rings. The van der Waals surface area contributed by atoms with E-state index in [4.69, 9.17) is 5.73 Å². The van der Waals surface area contributed by atoms with Crippen molar-refractivity contribution in [3.8, 4) is 0 Å². The summed E-state index contributed by atoms with van der Waals surface area (Å²) in [5.41, 5.74) is 8.34. The average molecular weight is 220 g/mol. The van der Waals surface area contributed by atoms with Crippen LogP contribution in [0.4, 0.5) is 5.69 Å². The lowest BCUT2D eigenvalue weighted by molar-refractivity contribution is 0.671. The fourth-order valence-electron chi connectivity index (χ4n) is 1.90. The number of nitrogens with two attached hydrogens (primary N) is 1. The highest BCUT2D eigenvalue weighted by Crippen LogP contribution is 2.20. The number of nitrogens with zero attached hydrogens (tertiary/aromatic N) is 1. The van der Waals surface area contributed by atoms with E-state index in [0.29, 0.717) is 6.04 Å². The van der Waals surface area contributed by atoms with Crippen molar-refractivity contribution in [3.63, 3.8) is 0 Å². The Kier molecular flexibility index (Phi) is 4.81. The van der Waals surface area contributed by atoms with Crippen molar-refractivity contribution in [2.75, 3.05) is 11.4 Å². The van der Waals surface area contributed by atoms with E-state index in [1.165, 1.54) is 17.7 Å². The molecule has 0 bridgehead atoms. The SMILES string of the molecule is CCCN(c1ccc([C@H](C)N)cc1)C(C)C. The van der Waals surface area contributed by atoms with Gasteiger partial charge in [0.25, 0.3) is 0 Å². The highest BCUT2D eigenvalue weighted by Gasteiger charge is 2.09. The largest absolute Gasteiger partial charge is 0.369 e. The van der Waals surface area contributed by atoms with Gasteiger partial charge in [0.1, 0.15) is 0 Å². The first-order valence-electron chi connectivity index (χ1n) is 6.18. The smallest absolute Gasteiger partial charge is 0.0368 e. The zero-order valence-corrected chi connectivity index (χ0v) is 10.9. The van der Waals surface area contributed by atoms with Gasteiger partial charge in [0, 0.05) is 24.3 Å². The minimum atomic E-state index is 0.118. The van der Waals surface area contributed by atoms with Crippen LogP contribution in [0.2, 0.25) is 0 Å². The first kappa shape index (κ1) is 13.0. The molecule has 16 heavy (non-hydrogen) atoms. The average Bonchev–Trinajstić information content (AvgIpc) is 2.25. The van der Waals surface area contributed by atoms with Crippen molar-refractivity contribution in [1.82, 2.24) is 0 Å². The first-order chi connectivity index (χ1) is 7.56. The second-order valence-corrected chi connectivity index (χ2v) is 4.67.